The van der Waals surface area contributed by atoms with Crippen LogP contribution in [0.2, 0.25) is 5.02 Å². The molecule has 3 aromatic carbocycles. The maximum atomic E-state index is 12.9. The van der Waals surface area contributed by atoms with E-state index in [4.69, 9.17) is 16.3 Å². The third-order valence-corrected chi connectivity index (χ3v) is 7.53. The van der Waals surface area contributed by atoms with Gasteiger partial charge < -0.3 is 4.74 Å². The number of benzene rings is 3. The molecule has 0 saturated carbocycles. The van der Waals surface area contributed by atoms with Crippen LogP contribution in [0.1, 0.15) is 21.5 Å². The van der Waals surface area contributed by atoms with Crippen molar-refractivity contribution in [2.45, 2.75) is 6.61 Å². The van der Waals surface area contributed by atoms with Crippen LogP contribution in [0.25, 0.3) is 6.08 Å². The number of ether oxygens (including phenoxy) is 1. The average Bonchev–Trinajstić information content (AvgIpc) is 3.11. The molecule has 8 nitrogen and oxygen atoms in total. The summed E-state index contributed by atoms with van der Waals surface area (Å²) in [4.78, 5) is 49.1. The maximum absolute atomic E-state index is 12.9. The second kappa shape index (κ2) is 11.6. The van der Waals surface area contributed by atoms with Gasteiger partial charge in [0.15, 0.2) is 5.78 Å². The number of amides is 2. The van der Waals surface area contributed by atoms with Crippen LogP contribution in [0, 0.1) is 10.1 Å². The highest BCUT2D eigenvalue weighted by molar-refractivity contribution is 9.11. The lowest BCUT2D eigenvalue weighted by atomic mass is 10.1. The predicted molar refractivity (Wildman–Crippen MR) is 148 cm³/mol. The Bertz CT molecular complexity index is 1420. The van der Waals surface area contributed by atoms with E-state index in [1.807, 2.05) is 12.1 Å². The maximum Gasteiger partial charge on any atom is 0.293 e. The Labute approximate surface area is 237 Å². The summed E-state index contributed by atoms with van der Waals surface area (Å²) in [6.45, 7) is -0.153. The molecule has 37 heavy (non-hydrogen) atoms. The Hall–Kier alpha value is -2.99. The normalized spacial score (nSPS) is 14.4. The first kappa shape index (κ1) is 27.1. The van der Waals surface area contributed by atoms with Gasteiger partial charge in [-0.25, -0.2) is 0 Å². The number of nitrogens with zero attached hydrogens (tertiary/aromatic N) is 2. The molecule has 1 aliphatic heterocycles. The summed E-state index contributed by atoms with van der Waals surface area (Å²) in [5, 5.41) is 10.9. The molecule has 1 aliphatic rings. The molecule has 2 amide bonds. The summed E-state index contributed by atoms with van der Waals surface area (Å²) in [7, 11) is 0. The zero-order chi connectivity index (χ0) is 26.7. The average molecular weight is 667 g/mol. The lowest BCUT2D eigenvalue weighted by Gasteiger charge is -2.12. The molecular weight excluding hydrogens is 652 g/mol. The minimum absolute atomic E-state index is 0.162. The number of ketones is 1. The molecule has 0 atom stereocenters. The second-order valence-electron chi connectivity index (χ2n) is 7.72. The number of carbonyl (C=O) groups excluding carboxylic acids is 3. The number of imide groups is 1. The fourth-order valence-electron chi connectivity index (χ4n) is 3.33. The van der Waals surface area contributed by atoms with E-state index in [0.29, 0.717) is 31.9 Å². The molecular formula is C25H15Br2ClN2O6S. The van der Waals surface area contributed by atoms with E-state index in [-0.39, 0.29) is 16.2 Å². The molecule has 0 spiro atoms. The molecule has 0 N–H and O–H groups in total. The van der Waals surface area contributed by atoms with Crippen molar-refractivity contribution in [3.05, 3.63) is 106 Å². The zero-order valence-electron chi connectivity index (χ0n) is 18.7. The number of nitro benzene ring substituents is 1. The monoisotopic (exact) mass is 664 g/mol. The molecule has 12 heteroatoms. The van der Waals surface area contributed by atoms with Gasteiger partial charge in [-0.05, 0) is 97.2 Å². The molecule has 0 unspecified atom stereocenters. The summed E-state index contributed by atoms with van der Waals surface area (Å²) in [6, 6.07) is 15.7. The molecule has 1 saturated heterocycles. The highest BCUT2D eigenvalue weighted by Crippen LogP contribution is 2.38. The topological polar surface area (TPSA) is 107 Å². The van der Waals surface area contributed by atoms with Crippen molar-refractivity contribution in [1.82, 2.24) is 4.90 Å². The van der Waals surface area contributed by atoms with Gasteiger partial charge in [0, 0.05) is 22.7 Å². The van der Waals surface area contributed by atoms with Gasteiger partial charge in [-0.15, -0.1) is 0 Å². The van der Waals surface area contributed by atoms with Gasteiger partial charge in [-0.2, -0.15) is 0 Å². The number of nitro groups is 1. The Kier molecular flexibility index (Phi) is 8.48. The van der Waals surface area contributed by atoms with Gasteiger partial charge in [0.2, 0.25) is 0 Å². The van der Waals surface area contributed by atoms with Crippen molar-refractivity contribution < 1.29 is 24.0 Å². The number of hydrogen-bond acceptors (Lipinski definition) is 7. The van der Waals surface area contributed by atoms with Crippen LogP contribution in [-0.2, 0) is 11.4 Å². The fourth-order valence-corrected chi connectivity index (χ4v) is 5.74. The van der Waals surface area contributed by atoms with Crippen LogP contribution in [-0.4, -0.2) is 33.3 Å². The SMILES string of the molecule is O=C(CN1C(=O)S/C(=C/c2cc(Br)c(OCc3ccc(Cl)cc3)c(Br)c2)C1=O)c1ccc([N+](=O)[O-])cc1. The van der Waals surface area contributed by atoms with Gasteiger partial charge in [-0.1, -0.05) is 23.7 Å². The van der Waals surface area contributed by atoms with E-state index in [1.54, 1.807) is 30.3 Å². The van der Waals surface area contributed by atoms with Crippen molar-refractivity contribution >= 4 is 83.9 Å². The number of hydrogen-bond donors (Lipinski definition) is 0. The molecule has 188 valence electrons. The minimum atomic E-state index is -0.597. The van der Waals surface area contributed by atoms with E-state index < -0.39 is 28.4 Å². The molecule has 0 aromatic heterocycles. The number of thioether (sulfide) groups is 1. The third-order valence-electron chi connectivity index (χ3n) is 5.19. The largest absolute Gasteiger partial charge is 0.487 e. The predicted octanol–water partition coefficient (Wildman–Crippen LogP) is 7.27. The molecule has 1 fully saturated rings. The Morgan fingerprint density at radius 3 is 2.27 bits per heavy atom. The van der Waals surface area contributed by atoms with E-state index in [0.717, 1.165) is 22.2 Å². The van der Waals surface area contributed by atoms with Crippen LogP contribution < -0.4 is 4.74 Å². The molecule has 0 radical (unpaired) electrons. The lowest BCUT2D eigenvalue weighted by Crippen LogP contribution is -2.33. The second-order valence-corrected chi connectivity index (χ2v) is 10.9. The van der Waals surface area contributed by atoms with Gasteiger partial charge >= 0.3 is 0 Å². The summed E-state index contributed by atoms with van der Waals surface area (Å²) < 4.78 is 7.18. The Balaban J connectivity index is 1.46. The van der Waals surface area contributed by atoms with E-state index in [9.17, 15) is 24.5 Å². The minimum Gasteiger partial charge on any atom is -0.487 e. The van der Waals surface area contributed by atoms with Crippen LogP contribution in [0.4, 0.5) is 10.5 Å². The van der Waals surface area contributed by atoms with Crippen molar-refractivity contribution in [3.8, 4) is 5.75 Å². The summed E-state index contributed by atoms with van der Waals surface area (Å²) >= 11 is 13.6. The first-order valence-electron chi connectivity index (χ1n) is 10.5. The highest BCUT2D eigenvalue weighted by atomic mass is 79.9. The fraction of sp³-hybridized carbons (Fsp3) is 0.0800. The number of Topliss-reactive ketones (excluding diaryl/α,β-unsaturated/α-hetero) is 1. The van der Waals surface area contributed by atoms with E-state index >= 15 is 0 Å². The molecule has 0 bridgehead atoms. The number of halogens is 3. The third kappa shape index (κ3) is 6.48. The summed E-state index contributed by atoms with van der Waals surface area (Å²) in [5.74, 6) is -0.541. The number of carbonyl (C=O) groups is 3. The molecule has 3 aromatic rings. The summed E-state index contributed by atoms with van der Waals surface area (Å²) in [6.07, 6.45) is 1.56. The van der Waals surface area contributed by atoms with Crippen LogP contribution >= 0.6 is 55.2 Å². The van der Waals surface area contributed by atoms with Crippen molar-refractivity contribution in [1.29, 1.82) is 0 Å². The first-order chi connectivity index (χ1) is 17.6. The van der Waals surface area contributed by atoms with Crippen LogP contribution in [0.3, 0.4) is 0 Å². The van der Waals surface area contributed by atoms with Gasteiger partial charge in [0.1, 0.15) is 12.4 Å². The lowest BCUT2D eigenvalue weighted by molar-refractivity contribution is -0.384. The van der Waals surface area contributed by atoms with E-state index in [1.165, 1.54) is 24.3 Å². The molecule has 1 heterocycles. The number of non-ortho nitro benzene ring substituents is 1. The Morgan fingerprint density at radius 2 is 1.68 bits per heavy atom. The highest BCUT2D eigenvalue weighted by Gasteiger charge is 2.36. The van der Waals surface area contributed by atoms with Crippen LogP contribution in [0.15, 0.2) is 74.5 Å². The zero-order valence-corrected chi connectivity index (χ0v) is 23.4. The van der Waals surface area contributed by atoms with Gasteiger partial charge in [0.25, 0.3) is 16.8 Å². The van der Waals surface area contributed by atoms with Crippen LogP contribution in [0.5, 0.6) is 5.75 Å². The molecule has 4 rings (SSSR count). The standard InChI is InChI=1S/C25H15Br2ClN2O6S/c26-19-9-15(10-20(27)23(19)36-13-14-1-5-17(28)6-2-14)11-22-24(32)29(25(33)37-22)12-21(31)16-3-7-18(8-4-16)30(34)35/h1-11H,12-13H2/b22-11+. The smallest absolute Gasteiger partial charge is 0.293 e. The quantitative estimate of drug-likeness (QED) is 0.108. The molecule has 0 aliphatic carbocycles. The Morgan fingerprint density at radius 1 is 1.05 bits per heavy atom. The number of rotatable bonds is 8. The van der Waals surface area contributed by atoms with Gasteiger partial charge in [0.05, 0.1) is 25.3 Å². The van der Waals surface area contributed by atoms with Crippen molar-refractivity contribution in [3.63, 3.8) is 0 Å². The summed E-state index contributed by atoms with van der Waals surface area (Å²) in [5.41, 5.74) is 1.56. The van der Waals surface area contributed by atoms with Gasteiger partial charge in [-0.3, -0.25) is 29.4 Å². The van der Waals surface area contributed by atoms with Crippen molar-refractivity contribution in [2.75, 3.05) is 6.54 Å². The van der Waals surface area contributed by atoms with E-state index in [2.05, 4.69) is 31.9 Å². The first-order valence-corrected chi connectivity index (χ1v) is 13.3. The van der Waals surface area contributed by atoms with Crippen molar-refractivity contribution in [2.24, 2.45) is 0 Å².